The third-order valence-electron chi connectivity index (χ3n) is 6.17. The van der Waals surface area contributed by atoms with Crippen molar-refractivity contribution in [2.45, 2.75) is 51.6 Å². The predicted molar refractivity (Wildman–Crippen MR) is 78.0 cm³/mol. The number of nitrogens with zero attached hydrogens (tertiary/aromatic N) is 2. The highest BCUT2D eigenvalue weighted by Crippen LogP contribution is 2.70. The van der Waals surface area contributed by atoms with Crippen molar-refractivity contribution in [3.8, 4) is 0 Å². The normalized spacial score (nSPS) is 42.3. The molecule has 9 nitrogen and oxygen atoms in total. The maximum Gasteiger partial charge on any atom is 0.294 e. The fourth-order valence-corrected chi connectivity index (χ4v) is 6.36. The van der Waals surface area contributed by atoms with E-state index in [1.165, 1.54) is 0 Å². The van der Waals surface area contributed by atoms with Gasteiger partial charge in [0.05, 0.1) is 0 Å². The lowest BCUT2D eigenvalue weighted by Crippen LogP contribution is -2.62. The molecule has 0 heterocycles. The maximum absolute atomic E-state index is 10.9. The van der Waals surface area contributed by atoms with Gasteiger partial charge < -0.3 is 15.4 Å². The first kappa shape index (κ1) is 16.2. The summed E-state index contributed by atoms with van der Waals surface area (Å²) < 4.78 is 0. The molecule has 0 amide bonds. The molecule has 0 aliphatic heterocycles. The first-order chi connectivity index (χ1) is 10.7. The SMILES string of the molecule is CC12CC3CC(CN)(C1)CC(C(CO[N+](=O)[O-])O[N+](=O)[O-])(C3)C2. The summed E-state index contributed by atoms with van der Waals surface area (Å²) in [7, 11) is 0. The lowest BCUT2D eigenvalue weighted by atomic mass is 9.39. The molecule has 4 aliphatic carbocycles. The molecule has 4 rings (SSSR count). The van der Waals surface area contributed by atoms with Gasteiger partial charge in [-0.2, -0.15) is 0 Å². The summed E-state index contributed by atoms with van der Waals surface area (Å²) in [4.78, 5) is 30.8. The van der Waals surface area contributed by atoms with E-state index in [1.807, 2.05) is 0 Å². The van der Waals surface area contributed by atoms with Gasteiger partial charge in [0.1, 0.15) is 12.7 Å². The van der Waals surface area contributed by atoms with E-state index in [0.717, 1.165) is 38.5 Å². The van der Waals surface area contributed by atoms with E-state index in [1.54, 1.807) is 0 Å². The predicted octanol–water partition coefficient (Wildman–Crippen LogP) is 1.71. The number of rotatable bonds is 7. The largest absolute Gasteiger partial charge is 0.330 e. The van der Waals surface area contributed by atoms with Gasteiger partial charge in [-0.15, -0.1) is 20.2 Å². The Bertz CT molecular complexity index is 531. The van der Waals surface area contributed by atoms with E-state index in [0.29, 0.717) is 12.5 Å². The van der Waals surface area contributed by atoms with Crippen LogP contribution < -0.4 is 5.73 Å². The molecule has 2 N–H and O–H groups in total. The van der Waals surface area contributed by atoms with Crippen molar-refractivity contribution in [3.63, 3.8) is 0 Å². The minimum atomic E-state index is -0.920. The molecule has 4 aliphatic rings. The first-order valence-electron chi connectivity index (χ1n) is 7.99. The number of hydrogen-bond donors (Lipinski definition) is 1. The van der Waals surface area contributed by atoms with Crippen LogP contribution in [0.5, 0.6) is 0 Å². The van der Waals surface area contributed by atoms with Crippen LogP contribution in [0.15, 0.2) is 0 Å². The molecule has 4 saturated carbocycles. The standard InChI is InChI=1S/C14H23N3O6/c1-12-2-10-3-13(6-12,9-15)8-14(4-10,7-12)11(23-17(20)21)5-22-16(18)19/h10-11H,2-9,15H2,1H3. The third kappa shape index (κ3) is 2.82. The molecule has 0 radical (unpaired) electrons. The molecule has 0 aromatic rings. The summed E-state index contributed by atoms with van der Waals surface area (Å²) in [5.74, 6) is 0.452. The van der Waals surface area contributed by atoms with Crippen LogP contribution in [-0.2, 0) is 9.68 Å². The van der Waals surface area contributed by atoms with Gasteiger partial charge >= 0.3 is 0 Å². The molecule has 4 bridgehead atoms. The van der Waals surface area contributed by atoms with E-state index >= 15 is 0 Å². The van der Waals surface area contributed by atoms with Crippen LogP contribution in [0, 0.1) is 42.4 Å². The van der Waals surface area contributed by atoms with Gasteiger partial charge in [-0.25, -0.2) is 0 Å². The van der Waals surface area contributed by atoms with Crippen LogP contribution in [-0.4, -0.2) is 29.4 Å². The molecule has 130 valence electrons. The lowest BCUT2D eigenvalue weighted by Gasteiger charge is -2.67. The molecule has 9 heteroatoms. The summed E-state index contributed by atoms with van der Waals surface area (Å²) in [5, 5.41) is 19.7. The Balaban J connectivity index is 1.90. The molecular weight excluding hydrogens is 306 g/mol. The van der Waals surface area contributed by atoms with Crippen LogP contribution in [0.25, 0.3) is 0 Å². The smallest absolute Gasteiger partial charge is 0.294 e. The van der Waals surface area contributed by atoms with Crippen molar-refractivity contribution in [1.29, 1.82) is 0 Å². The molecule has 0 aromatic heterocycles. The second kappa shape index (κ2) is 5.19. The minimum absolute atomic E-state index is 0.0268. The van der Waals surface area contributed by atoms with Crippen molar-refractivity contribution in [1.82, 2.24) is 0 Å². The summed E-state index contributed by atoms with van der Waals surface area (Å²) in [5.41, 5.74) is 5.64. The van der Waals surface area contributed by atoms with Crippen molar-refractivity contribution in [2.75, 3.05) is 13.2 Å². The second-order valence-corrected chi connectivity index (χ2v) is 8.22. The minimum Gasteiger partial charge on any atom is -0.330 e. The lowest BCUT2D eigenvalue weighted by molar-refractivity contribution is -0.794. The van der Waals surface area contributed by atoms with E-state index in [-0.39, 0.29) is 10.8 Å². The monoisotopic (exact) mass is 329 g/mol. The Labute approximate surface area is 133 Å². The summed E-state index contributed by atoms with van der Waals surface area (Å²) in [6.45, 7) is 2.34. The van der Waals surface area contributed by atoms with Crippen LogP contribution in [0.3, 0.4) is 0 Å². The molecule has 23 heavy (non-hydrogen) atoms. The Morgan fingerprint density at radius 3 is 2.48 bits per heavy atom. The number of nitrogens with two attached hydrogens (primary N) is 1. The van der Waals surface area contributed by atoms with Gasteiger partial charge in [-0.05, 0) is 61.8 Å². The Kier molecular flexibility index (Phi) is 3.66. The van der Waals surface area contributed by atoms with Crippen molar-refractivity contribution < 1.29 is 19.8 Å². The molecular formula is C14H23N3O6. The van der Waals surface area contributed by atoms with E-state index < -0.39 is 28.3 Å². The van der Waals surface area contributed by atoms with Crippen LogP contribution in [0.2, 0.25) is 0 Å². The van der Waals surface area contributed by atoms with Gasteiger partial charge in [0.2, 0.25) is 0 Å². The second-order valence-electron chi connectivity index (χ2n) is 8.22. The topological polar surface area (TPSA) is 131 Å². The average Bonchev–Trinajstić information content (AvgIpc) is 2.40. The van der Waals surface area contributed by atoms with Crippen molar-refractivity contribution >= 4 is 0 Å². The zero-order chi connectivity index (χ0) is 16.9. The fraction of sp³-hybridized carbons (Fsp3) is 1.00. The fourth-order valence-electron chi connectivity index (χ4n) is 6.36. The van der Waals surface area contributed by atoms with Crippen molar-refractivity contribution in [3.05, 3.63) is 20.2 Å². The maximum atomic E-state index is 10.9. The van der Waals surface area contributed by atoms with Gasteiger partial charge in [0.15, 0.2) is 0 Å². The van der Waals surface area contributed by atoms with E-state index in [2.05, 4.69) is 11.8 Å². The molecule has 0 spiro atoms. The highest BCUT2D eigenvalue weighted by molar-refractivity contribution is 5.13. The molecule has 0 saturated heterocycles. The highest BCUT2D eigenvalue weighted by atomic mass is 17.0. The molecule has 5 unspecified atom stereocenters. The molecule has 0 aromatic carbocycles. The Hall–Kier alpha value is -1.64. The Morgan fingerprint density at radius 1 is 1.17 bits per heavy atom. The Morgan fingerprint density at radius 2 is 1.91 bits per heavy atom. The third-order valence-corrected chi connectivity index (χ3v) is 6.17. The van der Waals surface area contributed by atoms with Crippen LogP contribution >= 0.6 is 0 Å². The van der Waals surface area contributed by atoms with Gasteiger partial charge in [-0.3, -0.25) is 0 Å². The van der Waals surface area contributed by atoms with Crippen LogP contribution in [0.4, 0.5) is 0 Å². The number of hydrogen-bond acceptors (Lipinski definition) is 7. The highest BCUT2D eigenvalue weighted by Gasteiger charge is 2.64. The molecule has 5 atom stereocenters. The van der Waals surface area contributed by atoms with Gasteiger partial charge in [0.25, 0.3) is 10.2 Å². The zero-order valence-corrected chi connectivity index (χ0v) is 13.2. The summed E-state index contributed by atoms with van der Waals surface area (Å²) in [6.07, 6.45) is 4.54. The average molecular weight is 329 g/mol. The first-order valence-corrected chi connectivity index (χ1v) is 7.99. The summed E-state index contributed by atoms with van der Waals surface area (Å²) >= 11 is 0. The van der Waals surface area contributed by atoms with Gasteiger partial charge in [0, 0.05) is 5.41 Å². The molecule has 4 fully saturated rings. The van der Waals surface area contributed by atoms with Gasteiger partial charge in [-0.1, -0.05) is 6.92 Å². The van der Waals surface area contributed by atoms with E-state index in [4.69, 9.17) is 10.6 Å². The van der Waals surface area contributed by atoms with E-state index in [9.17, 15) is 20.2 Å². The quantitative estimate of drug-likeness (QED) is 0.555. The zero-order valence-electron chi connectivity index (χ0n) is 13.2. The van der Waals surface area contributed by atoms with Crippen molar-refractivity contribution in [2.24, 2.45) is 27.9 Å². The van der Waals surface area contributed by atoms with Crippen LogP contribution in [0.1, 0.15) is 45.4 Å². The summed E-state index contributed by atoms with van der Waals surface area (Å²) in [6, 6.07) is 0.